The molecular formula is C12H20N2O2S. The molecule has 1 aromatic rings. The molecule has 0 aliphatic heterocycles. The van der Waals surface area contributed by atoms with Crippen LogP contribution in [0.2, 0.25) is 0 Å². The smallest absolute Gasteiger partial charge is 0.263 e. The number of carbonyl (C=O) groups is 1. The van der Waals surface area contributed by atoms with Crippen LogP contribution in [0.4, 0.5) is 0 Å². The molecule has 1 aromatic heterocycles. The van der Waals surface area contributed by atoms with Crippen LogP contribution in [0.1, 0.15) is 42.6 Å². The predicted molar refractivity (Wildman–Crippen MR) is 69.3 cm³/mol. The molecule has 1 amide bonds. The summed E-state index contributed by atoms with van der Waals surface area (Å²) in [6.45, 7) is 6.27. The molecule has 2 unspecified atom stereocenters. The summed E-state index contributed by atoms with van der Waals surface area (Å²) in [6.07, 6.45) is 1.17. The quantitative estimate of drug-likeness (QED) is 0.816. The Morgan fingerprint density at radius 3 is 2.88 bits per heavy atom. The maximum atomic E-state index is 11.8. The van der Waals surface area contributed by atoms with E-state index in [1.165, 1.54) is 11.3 Å². The normalized spacial score (nSPS) is 14.4. The largest absolute Gasteiger partial charge is 0.391 e. The Kier molecular flexibility index (Phi) is 5.58. The first kappa shape index (κ1) is 14.1. The molecule has 1 heterocycles. The number of amides is 1. The van der Waals surface area contributed by atoms with Gasteiger partial charge in [0, 0.05) is 6.54 Å². The van der Waals surface area contributed by atoms with Gasteiger partial charge >= 0.3 is 0 Å². The van der Waals surface area contributed by atoms with Crippen molar-refractivity contribution in [1.29, 1.82) is 0 Å². The fraction of sp³-hybridized carbons (Fsp3) is 0.667. The third kappa shape index (κ3) is 3.78. The van der Waals surface area contributed by atoms with Gasteiger partial charge in [0.15, 0.2) is 0 Å². The first-order valence-corrected chi connectivity index (χ1v) is 6.86. The lowest BCUT2D eigenvalue weighted by molar-refractivity contribution is 0.0852. The zero-order valence-corrected chi connectivity index (χ0v) is 11.4. The summed E-state index contributed by atoms with van der Waals surface area (Å²) in [5.41, 5.74) is 2.50. The van der Waals surface area contributed by atoms with Crippen molar-refractivity contribution in [1.82, 2.24) is 10.3 Å². The highest BCUT2D eigenvalue weighted by atomic mass is 32.1. The van der Waals surface area contributed by atoms with Crippen LogP contribution in [-0.2, 0) is 6.42 Å². The summed E-state index contributed by atoms with van der Waals surface area (Å²) >= 11 is 1.34. The van der Waals surface area contributed by atoms with Gasteiger partial charge < -0.3 is 10.4 Å². The van der Waals surface area contributed by atoms with E-state index < -0.39 is 6.10 Å². The molecule has 5 heteroatoms. The zero-order valence-electron chi connectivity index (χ0n) is 10.6. The highest BCUT2D eigenvalue weighted by Gasteiger charge is 2.16. The Morgan fingerprint density at radius 2 is 2.29 bits per heavy atom. The fourth-order valence-electron chi connectivity index (χ4n) is 1.46. The van der Waals surface area contributed by atoms with Crippen LogP contribution in [0.5, 0.6) is 0 Å². The molecule has 96 valence electrons. The van der Waals surface area contributed by atoms with E-state index in [-0.39, 0.29) is 11.8 Å². The molecule has 4 nitrogen and oxygen atoms in total. The van der Waals surface area contributed by atoms with Crippen molar-refractivity contribution in [3.05, 3.63) is 16.1 Å². The van der Waals surface area contributed by atoms with Gasteiger partial charge in [-0.25, -0.2) is 4.98 Å². The second-order valence-electron chi connectivity index (χ2n) is 4.14. The number of hydrogen-bond acceptors (Lipinski definition) is 4. The van der Waals surface area contributed by atoms with Gasteiger partial charge in [-0.1, -0.05) is 27.2 Å². The zero-order chi connectivity index (χ0) is 12.8. The van der Waals surface area contributed by atoms with E-state index >= 15 is 0 Å². The van der Waals surface area contributed by atoms with E-state index in [0.29, 0.717) is 11.4 Å². The highest BCUT2D eigenvalue weighted by Crippen LogP contribution is 2.14. The Labute approximate surface area is 106 Å². The second kappa shape index (κ2) is 6.71. The van der Waals surface area contributed by atoms with Crippen LogP contribution >= 0.6 is 11.3 Å². The third-order valence-corrected chi connectivity index (χ3v) is 3.82. The lowest BCUT2D eigenvalue weighted by Crippen LogP contribution is -2.35. The van der Waals surface area contributed by atoms with Gasteiger partial charge in [-0.3, -0.25) is 4.79 Å². The number of aromatic nitrogens is 1. The van der Waals surface area contributed by atoms with E-state index in [9.17, 15) is 9.90 Å². The fourth-order valence-corrected chi connectivity index (χ4v) is 2.25. The predicted octanol–water partition coefficient (Wildman–Crippen LogP) is 1.84. The molecule has 0 spiro atoms. The van der Waals surface area contributed by atoms with Crippen LogP contribution in [0.15, 0.2) is 5.51 Å². The maximum Gasteiger partial charge on any atom is 0.263 e. The van der Waals surface area contributed by atoms with Crippen molar-refractivity contribution >= 4 is 17.2 Å². The number of aryl methyl sites for hydroxylation is 1. The van der Waals surface area contributed by atoms with Gasteiger partial charge in [0.25, 0.3) is 5.91 Å². The number of rotatable bonds is 6. The van der Waals surface area contributed by atoms with Crippen molar-refractivity contribution < 1.29 is 9.90 Å². The minimum atomic E-state index is -0.484. The van der Waals surface area contributed by atoms with E-state index in [2.05, 4.69) is 10.3 Å². The summed E-state index contributed by atoms with van der Waals surface area (Å²) < 4.78 is 0. The van der Waals surface area contributed by atoms with Gasteiger partial charge in [0.2, 0.25) is 0 Å². The molecule has 0 aromatic carbocycles. The topological polar surface area (TPSA) is 62.2 Å². The van der Waals surface area contributed by atoms with Crippen molar-refractivity contribution in [3.8, 4) is 0 Å². The Bertz CT molecular complexity index is 365. The minimum Gasteiger partial charge on any atom is -0.391 e. The van der Waals surface area contributed by atoms with Crippen molar-refractivity contribution in [2.24, 2.45) is 5.92 Å². The Hall–Kier alpha value is -0.940. The molecule has 0 aliphatic carbocycles. The van der Waals surface area contributed by atoms with Crippen LogP contribution in [0.3, 0.4) is 0 Å². The number of aliphatic hydroxyl groups is 1. The molecule has 0 radical (unpaired) electrons. The van der Waals surface area contributed by atoms with Gasteiger partial charge in [-0.2, -0.15) is 0 Å². The summed E-state index contributed by atoms with van der Waals surface area (Å²) in [5, 5.41) is 12.5. The lowest BCUT2D eigenvalue weighted by Gasteiger charge is -2.17. The average molecular weight is 256 g/mol. The molecule has 2 atom stereocenters. The molecule has 2 N–H and O–H groups in total. The van der Waals surface area contributed by atoms with Crippen molar-refractivity contribution in [3.63, 3.8) is 0 Å². The molecule has 0 saturated heterocycles. The van der Waals surface area contributed by atoms with Crippen LogP contribution < -0.4 is 5.32 Å². The van der Waals surface area contributed by atoms with Gasteiger partial charge in [0.05, 0.1) is 17.3 Å². The number of carbonyl (C=O) groups excluding carboxylic acids is 1. The van der Waals surface area contributed by atoms with Gasteiger partial charge in [0.1, 0.15) is 4.88 Å². The van der Waals surface area contributed by atoms with E-state index in [4.69, 9.17) is 0 Å². The van der Waals surface area contributed by atoms with Crippen molar-refractivity contribution in [2.75, 3.05) is 6.54 Å². The van der Waals surface area contributed by atoms with E-state index in [0.717, 1.165) is 18.5 Å². The molecule has 0 bridgehead atoms. The molecule has 1 rings (SSSR count). The van der Waals surface area contributed by atoms with Crippen LogP contribution in [-0.4, -0.2) is 28.6 Å². The van der Waals surface area contributed by atoms with Crippen LogP contribution in [0, 0.1) is 5.92 Å². The first-order chi connectivity index (χ1) is 8.10. The SMILES string of the molecule is CCc1ncsc1C(=O)NCC(O)C(C)CC. The standard InChI is InChI=1S/C12H20N2O2S/c1-4-8(3)10(15)6-13-12(16)11-9(5-2)14-7-17-11/h7-8,10,15H,4-6H2,1-3H3,(H,13,16). The van der Waals surface area contributed by atoms with E-state index in [1.54, 1.807) is 5.51 Å². The number of aliphatic hydroxyl groups excluding tert-OH is 1. The van der Waals surface area contributed by atoms with Crippen LogP contribution in [0.25, 0.3) is 0 Å². The summed E-state index contributed by atoms with van der Waals surface area (Å²) in [5.74, 6) is 0.0640. The Balaban J connectivity index is 2.50. The molecular weight excluding hydrogens is 236 g/mol. The summed E-state index contributed by atoms with van der Waals surface area (Å²) in [7, 11) is 0. The Morgan fingerprint density at radius 1 is 1.59 bits per heavy atom. The molecule has 0 aliphatic rings. The van der Waals surface area contributed by atoms with Gasteiger partial charge in [-0.05, 0) is 12.3 Å². The van der Waals surface area contributed by atoms with E-state index in [1.807, 2.05) is 20.8 Å². The second-order valence-corrected chi connectivity index (χ2v) is 5.00. The number of nitrogens with zero attached hydrogens (tertiary/aromatic N) is 1. The highest BCUT2D eigenvalue weighted by molar-refractivity contribution is 7.11. The molecule has 0 fully saturated rings. The minimum absolute atomic E-state index is 0.133. The third-order valence-electron chi connectivity index (χ3n) is 2.95. The van der Waals surface area contributed by atoms with Crippen molar-refractivity contribution in [2.45, 2.75) is 39.7 Å². The number of thiazole rings is 1. The first-order valence-electron chi connectivity index (χ1n) is 5.98. The average Bonchev–Trinajstić information content (AvgIpc) is 2.82. The molecule has 17 heavy (non-hydrogen) atoms. The summed E-state index contributed by atoms with van der Waals surface area (Å²) in [4.78, 5) is 16.6. The summed E-state index contributed by atoms with van der Waals surface area (Å²) in [6, 6.07) is 0. The monoisotopic (exact) mass is 256 g/mol. The molecule has 0 saturated carbocycles. The maximum absolute atomic E-state index is 11.8. The number of nitrogens with one attached hydrogen (secondary N) is 1. The lowest BCUT2D eigenvalue weighted by atomic mass is 10.0. The van der Waals surface area contributed by atoms with Gasteiger partial charge in [-0.15, -0.1) is 11.3 Å². The number of hydrogen-bond donors (Lipinski definition) is 2.